The highest BCUT2D eigenvalue weighted by atomic mass is 16.5. The number of aliphatic hydroxyl groups is 1. The van der Waals surface area contributed by atoms with E-state index in [1.807, 2.05) is 0 Å². The van der Waals surface area contributed by atoms with Crippen LogP contribution in [0.4, 0.5) is 0 Å². The van der Waals surface area contributed by atoms with Crippen LogP contribution < -0.4 is 15.8 Å². The van der Waals surface area contributed by atoms with Crippen LogP contribution in [0.2, 0.25) is 0 Å². The summed E-state index contributed by atoms with van der Waals surface area (Å²) in [5.41, 5.74) is 5.97. The summed E-state index contributed by atoms with van der Waals surface area (Å²) in [5.74, 6) is 5.10. The number of hydrogen-bond acceptors (Lipinski definition) is 4. The quantitative estimate of drug-likeness (QED) is 0.508. The van der Waals surface area contributed by atoms with Gasteiger partial charge < -0.3 is 20.9 Å². The summed E-state index contributed by atoms with van der Waals surface area (Å²) in [4.78, 5) is 22.5. The molecular formula is C15H18N2O4. The minimum atomic E-state index is -0.393. The summed E-state index contributed by atoms with van der Waals surface area (Å²) in [5, 5.41) is 11.4. The molecule has 0 heterocycles. The molecule has 21 heavy (non-hydrogen) atoms. The van der Waals surface area contributed by atoms with Crippen molar-refractivity contribution in [2.45, 2.75) is 12.8 Å². The van der Waals surface area contributed by atoms with Crippen LogP contribution in [0.1, 0.15) is 28.8 Å². The van der Waals surface area contributed by atoms with Crippen molar-refractivity contribution < 1.29 is 19.4 Å². The molecular weight excluding hydrogens is 272 g/mol. The Bertz CT molecular complexity index is 573. The lowest BCUT2D eigenvalue weighted by Gasteiger charge is -2.07. The Balaban J connectivity index is 2.74. The van der Waals surface area contributed by atoms with Gasteiger partial charge in [-0.1, -0.05) is 11.8 Å². The molecule has 0 aliphatic rings. The molecule has 112 valence electrons. The van der Waals surface area contributed by atoms with Gasteiger partial charge in [-0.25, -0.2) is 0 Å². The highest BCUT2D eigenvalue weighted by molar-refractivity contribution is 5.94. The standard InChI is InChI=1S/C15H18N2O4/c1-21-13-7-6-12(10-11(13)4-3-9-18)15(20)17-8-2-5-14(16)19/h6-7,10,18H,2,5,8-9H2,1H3,(H2,16,19)(H,17,20). The van der Waals surface area contributed by atoms with Crippen molar-refractivity contribution in [3.05, 3.63) is 29.3 Å². The molecule has 0 radical (unpaired) electrons. The maximum atomic E-state index is 11.9. The third-order valence-corrected chi connectivity index (χ3v) is 2.65. The Labute approximate surface area is 123 Å². The van der Waals surface area contributed by atoms with Crippen molar-refractivity contribution >= 4 is 11.8 Å². The van der Waals surface area contributed by atoms with Crippen LogP contribution in [0.3, 0.4) is 0 Å². The molecule has 0 aliphatic carbocycles. The predicted octanol–water partition coefficient (Wildman–Crippen LogP) is 0.0343. The summed E-state index contributed by atoms with van der Waals surface area (Å²) in [6.07, 6.45) is 0.727. The first-order valence-electron chi connectivity index (χ1n) is 6.42. The smallest absolute Gasteiger partial charge is 0.251 e. The van der Waals surface area contributed by atoms with Crippen LogP contribution in [0, 0.1) is 11.8 Å². The van der Waals surface area contributed by atoms with Crippen LogP contribution in [0.25, 0.3) is 0 Å². The first-order valence-corrected chi connectivity index (χ1v) is 6.42. The van der Waals surface area contributed by atoms with Crippen molar-refractivity contribution in [1.82, 2.24) is 5.32 Å². The van der Waals surface area contributed by atoms with E-state index in [0.29, 0.717) is 29.8 Å². The van der Waals surface area contributed by atoms with Crippen molar-refractivity contribution in [3.63, 3.8) is 0 Å². The van der Waals surface area contributed by atoms with E-state index in [-0.39, 0.29) is 18.9 Å². The number of methoxy groups -OCH3 is 1. The van der Waals surface area contributed by atoms with E-state index in [9.17, 15) is 9.59 Å². The van der Waals surface area contributed by atoms with Crippen LogP contribution >= 0.6 is 0 Å². The average Bonchev–Trinajstić information content (AvgIpc) is 2.48. The number of ether oxygens (including phenoxy) is 1. The molecule has 1 rings (SSSR count). The Morgan fingerprint density at radius 3 is 2.81 bits per heavy atom. The fraction of sp³-hybridized carbons (Fsp3) is 0.333. The van der Waals surface area contributed by atoms with Crippen LogP contribution in [0.15, 0.2) is 18.2 Å². The first-order chi connectivity index (χ1) is 10.1. The number of primary amides is 1. The summed E-state index contributed by atoms with van der Waals surface area (Å²) in [7, 11) is 1.50. The lowest BCUT2D eigenvalue weighted by Crippen LogP contribution is -2.25. The Hall–Kier alpha value is -2.52. The number of carbonyl (C=O) groups excluding carboxylic acids is 2. The SMILES string of the molecule is COc1ccc(C(=O)NCCCC(N)=O)cc1C#CCO. The Morgan fingerprint density at radius 1 is 1.43 bits per heavy atom. The van der Waals surface area contributed by atoms with Gasteiger partial charge in [-0.2, -0.15) is 0 Å². The zero-order valence-electron chi connectivity index (χ0n) is 11.8. The fourth-order valence-electron chi connectivity index (χ4n) is 1.65. The lowest BCUT2D eigenvalue weighted by molar-refractivity contribution is -0.118. The molecule has 4 N–H and O–H groups in total. The van der Waals surface area contributed by atoms with Crippen LogP contribution in [-0.2, 0) is 4.79 Å². The first kappa shape index (κ1) is 16.5. The van der Waals surface area contributed by atoms with Crippen molar-refractivity contribution in [3.8, 4) is 17.6 Å². The Kier molecular flexibility index (Phi) is 6.78. The molecule has 1 aromatic carbocycles. The molecule has 0 saturated carbocycles. The topological polar surface area (TPSA) is 102 Å². The van der Waals surface area contributed by atoms with Gasteiger partial charge in [0.25, 0.3) is 5.91 Å². The van der Waals surface area contributed by atoms with Gasteiger partial charge in [0, 0.05) is 18.5 Å². The van der Waals surface area contributed by atoms with E-state index in [2.05, 4.69) is 17.2 Å². The second kappa shape index (κ2) is 8.61. The molecule has 0 unspecified atom stereocenters. The number of carbonyl (C=O) groups is 2. The van der Waals surface area contributed by atoms with Crippen molar-refractivity contribution in [1.29, 1.82) is 0 Å². The van der Waals surface area contributed by atoms with E-state index < -0.39 is 5.91 Å². The zero-order chi connectivity index (χ0) is 15.7. The summed E-state index contributed by atoms with van der Waals surface area (Å²) < 4.78 is 5.13. The number of aliphatic hydroxyl groups excluding tert-OH is 1. The van der Waals surface area contributed by atoms with Gasteiger partial charge >= 0.3 is 0 Å². The van der Waals surface area contributed by atoms with Crippen LogP contribution in [-0.4, -0.2) is 37.2 Å². The number of benzene rings is 1. The predicted molar refractivity (Wildman–Crippen MR) is 77.7 cm³/mol. The number of hydrogen-bond donors (Lipinski definition) is 3. The molecule has 2 amide bonds. The Morgan fingerprint density at radius 2 is 2.19 bits per heavy atom. The molecule has 0 atom stereocenters. The molecule has 6 heteroatoms. The average molecular weight is 290 g/mol. The highest BCUT2D eigenvalue weighted by Gasteiger charge is 2.09. The monoisotopic (exact) mass is 290 g/mol. The van der Waals surface area contributed by atoms with Gasteiger partial charge in [-0.15, -0.1) is 0 Å². The maximum Gasteiger partial charge on any atom is 0.251 e. The molecule has 0 fully saturated rings. The summed E-state index contributed by atoms with van der Waals surface area (Å²) in [6, 6.07) is 4.84. The molecule has 0 aromatic heterocycles. The zero-order valence-corrected chi connectivity index (χ0v) is 11.8. The minimum Gasteiger partial charge on any atom is -0.495 e. The second-order valence-corrected chi connectivity index (χ2v) is 4.20. The van der Waals surface area contributed by atoms with E-state index in [4.69, 9.17) is 15.6 Å². The van der Waals surface area contributed by atoms with Crippen molar-refractivity contribution in [2.75, 3.05) is 20.3 Å². The lowest BCUT2D eigenvalue weighted by atomic mass is 10.1. The van der Waals surface area contributed by atoms with Crippen molar-refractivity contribution in [2.24, 2.45) is 5.73 Å². The van der Waals surface area contributed by atoms with Gasteiger partial charge in [0.2, 0.25) is 5.91 Å². The van der Waals surface area contributed by atoms with Crippen LogP contribution in [0.5, 0.6) is 5.75 Å². The highest BCUT2D eigenvalue weighted by Crippen LogP contribution is 2.18. The number of nitrogens with one attached hydrogen (secondary N) is 1. The van der Waals surface area contributed by atoms with Gasteiger partial charge in [0.15, 0.2) is 0 Å². The number of nitrogens with two attached hydrogens (primary N) is 1. The second-order valence-electron chi connectivity index (χ2n) is 4.20. The van der Waals surface area contributed by atoms with Gasteiger partial charge in [-0.3, -0.25) is 9.59 Å². The molecule has 0 spiro atoms. The third-order valence-electron chi connectivity index (χ3n) is 2.65. The molecule has 6 nitrogen and oxygen atoms in total. The van der Waals surface area contributed by atoms with E-state index in [0.717, 1.165) is 0 Å². The maximum absolute atomic E-state index is 11.9. The molecule has 0 saturated heterocycles. The van der Waals surface area contributed by atoms with E-state index >= 15 is 0 Å². The van der Waals surface area contributed by atoms with Gasteiger partial charge in [0.05, 0.1) is 12.7 Å². The molecule has 0 aliphatic heterocycles. The minimum absolute atomic E-state index is 0.232. The fourth-order valence-corrected chi connectivity index (χ4v) is 1.65. The largest absolute Gasteiger partial charge is 0.495 e. The molecule has 0 bridgehead atoms. The summed E-state index contributed by atoms with van der Waals surface area (Å²) in [6.45, 7) is 0.0954. The normalized spacial score (nSPS) is 9.43. The van der Waals surface area contributed by atoms with Gasteiger partial charge in [0.1, 0.15) is 12.4 Å². The van der Waals surface area contributed by atoms with E-state index in [1.54, 1.807) is 18.2 Å². The molecule has 1 aromatic rings. The van der Waals surface area contributed by atoms with E-state index in [1.165, 1.54) is 7.11 Å². The third kappa shape index (κ3) is 5.55. The summed E-state index contributed by atoms with van der Waals surface area (Å²) >= 11 is 0. The number of rotatable bonds is 6. The van der Waals surface area contributed by atoms with Gasteiger partial charge in [-0.05, 0) is 24.6 Å². The number of amides is 2.